The first-order valence-corrected chi connectivity index (χ1v) is 13.9. The summed E-state index contributed by atoms with van der Waals surface area (Å²) in [7, 11) is 2.78. The van der Waals surface area contributed by atoms with Crippen molar-refractivity contribution in [3.05, 3.63) is 105 Å². The fraction of sp³-hybridized carbons (Fsp3) is 0.294. The second-order valence-corrected chi connectivity index (χ2v) is 10.6. The number of hydrogen-bond acceptors (Lipinski definition) is 8. The van der Waals surface area contributed by atoms with E-state index in [1.165, 1.54) is 14.2 Å². The molecule has 8 heteroatoms. The van der Waals surface area contributed by atoms with Gasteiger partial charge in [0.05, 0.1) is 59.9 Å². The first-order valence-electron chi connectivity index (χ1n) is 13.9. The summed E-state index contributed by atoms with van der Waals surface area (Å²) in [6, 6.07) is 0. The van der Waals surface area contributed by atoms with Crippen molar-refractivity contribution in [2.24, 2.45) is 20.0 Å². The van der Waals surface area contributed by atoms with Crippen LogP contribution in [0.2, 0.25) is 0 Å². The Morgan fingerprint density at radius 2 is 1.24 bits per heavy atom. The molecule has 0 atom stereocenters. The summed E-state index contributed by atoms with van der Waals surface area (Å²) >= 11 is 0. The van der Waals surface area contributed by atoms with Gasteiger partial charge in [0.2, 0.25) is 0 Å². The van der Waals surface area contributed by atoms with Crippen LogP contribution in [-0.2, 0) is 19.1 Å². The predicted octanol–water partition coefficient (Wildman–Crippen LogP) is 6.34. The van der Waals surface area contributed by atoms with Gasteiger partial charge in [0.25, 0.3) is 0 Å². The molecular formula is C34H34N4O4. The highest BCUT2D eigenvalue weighted by Crippen LogP contribution is 2.36. The maximum Gasteiger partial charge on any atom is 0.305 e. The molecule has 0 saturated carbocycles. The number of carbonyl (C=O) groups excluding carboxylic acids is 2. The number of nitrogens with zero attached hydrogens (tertiary/aromatic N) is 4. The Hall–Kier alpha value is -4.72. The van der Waals surface area contributed by atoms with Crippen LogP contribution >= 0.6 is 0 Å². The summed E-state index contributed by atoms with van der Waals surface area (Å²) < 4.78 is 9.83. The maximum atomic E-state index is 12.1. The molecule has 0 amide bonds. The highest BCUT2D eigenvalue weighted by molar-refractivity contribution is 6.19. The second kappa shape index (κ2) is 11.6. The maximum absolute atomic E-state index is 12.1. The minimum absolute atomic E-state index is 0.222. The van der Waals surface area contributed by atoms with Crippen molar-refractivity contribution in [3.8, 4) is 0 Å². The molecule has 5 aliphatic rings. The first kappa shape index (κ1) is 28.8. The van der Waals surface area contributed by atoms with E-state index in [0.29, 0.717) is 12.8 Å². The lowest BCUT2D eigenvalue weighted by molar-refractivity contribution is -0.141. The SMILES string of the molecule is C=CC1=C(C)C2=NC1=CC1=NC(=CC3=NC(=CC4=NC(=C2)C=C4C)C(C)=C3CCC(=O)OC)C(CCC(=O)OC)=C1C. The quantitative estimate of drug-likeness (QED) is 0.338. The van der Waals surface area contributed by atoms with Gasteiger partial charge in [-0.1, -0.05) is 12.7 Å². The van der Waals surface area contributed by atoms with Crippen LogP contribution < -0.4 is 0 Å². The highest BCUT2D eigenvalue weighted by atomic mass is 16.5. The van der Waals surface area contributed by atoms with Crippen LogP contribution in [-0.4, -0.2) is 49.0 Å². The Labute approximate surface area is 246 Å². The molecular weight excluding hydrogens is 528 g/mol. The number of allylic oxidation sites excluding steroid dienone is 12. The molecule has 8 bridgehead atoms. The van der Waals surface area contributed by atoms with Crippen LogP contribution in [0.5, 0.6) is 0 Å². The zero-order valence-corrected chi connectivity index (χ0v) is 24.9. The zero-order chi connectivity index (χ0) is 30.1. The van der Waals surface area contributed by atoms with Crippen molar-refractivity contribution in [2.45, 2.75) is 53.4 Å². The van der Waals surface area contributed by atoms with Gasteiger partial charge in [-0.15, -0.1) is 0 Å². The third-order valence-corrected chi connectivity index (χ3v) is 8.02. The Kier molecular flexibility index (Phi) is 7.98. The molecule has 0 N–H and O–H groups in total. The topological polar surface area (TPSA) is 102 Å². The van der Waals surface area contributed by atoms with Crippen molar-refractivity contribution < 1.29 is 19.1 Å². The molecule has 0 aromatic carbocycles. The van der Waals surface area contributed by atoms with Crippen molar-refractivity contribution in [2.75, 3.05) is 14.2 Å². The van der Waals surface area contributed by atoms with E-state index in [9.17, 15) is 9.59 Å². The Bertz CT molecular complexity index is 1710. The standard InChI is InChI=1S/C34H34N4O4/c1-8-23-19(3)27-14-22-13-18(2)26(35-22)15-28-20(4)24(9-11-33(39)41-6)31(37-28)17-32-25(10-12-34(40)42-7)21(5)29(38-32)16-30(23)36-27/h8,13-17H,1,9-12H2,2-7H3. The average molecular weight is 563 g/mol. The van der Waals surface area contributed by atoms with Crippen LogP contribution in [0, 0.1) is 0 Å². The normalized spacial score (nSPS) is 19.4. The Morgan fingerprint density at radius 3 is 1.90 bits per heavy atom. The molecule has 0 unspecified atom stereocenters. The van der Waals surface area contributed by atoms with Crippen molar-refractivity contribution >= 4 is 34.8 Å². The summed E-state index contributed by atoms with van der Waals surface area (Å²) in [4.78, 5) is 44.0. The number of methoxy groups -OCH3 is 2. The number of esters is 2. The predicted molar refractivity (Wildman–Crippen MR) is 167 cm³/mol. The van der Waals surface area contributed by atoms with Gasteiger partial charge in [0.1, 0.15) is 0 Å². The van der Waals surface area contributed by atoms with Gasteiger partial charge >= 0.3 is 11.9 Å². The molecule has 0 aromatic heterocycles. The van der Waals surface area contributed by atoms with Gasteiger partial charge in [-0.3, -0.25) is 9.59 Å². The Morgan fingerprint density at radius 1 is 0.667 bits per heavy atom. The van der Waals surface area contributed by atoms with E-state index in [4.69, 9.17) is 29.4 Å². The van der Waals surface area contributed by atoms with Crippen molar-refractivity contribution in [1.29, 1.82) is 0 Å². The molecule has 0 aromatic rings. The van der Waals surface area contributed by atoms with Crippen LogP contribution in [0.3, 0.4) is 0 Å². The first-order chi connectivity index (χ1) is 20.1. The zero-order valence-electron chi connectivity index (χ0n) is 24.9. The number of ether oxygens (including phenoxy) is 2. The lowest BCUT2D eigenvalue weighted by Crippen LogP contribution is -2.05. The van der Waals surface area contributed by atoms with Gasteiger partial charge in [0.15, 0.2) is 0 Å². The third kappa shape index (κ3) is 5.44. The summed E-state index contributed by atoms with van der Waals surface area (Å²) in [5, 5.41) is 0. The molecule has 214 valence electrons. The van der Waals surface area contributed by atoms with E-state index in [0.717, 1.165) is 84.6 Å². The molecule has 5 heterocycles. The molecule has 0 radical (unpaired) electrons. The van der Waals surface area contributed by atoms with Gasteiger partial charge in [-0.05, 0) is 104 Å². The average Bonchev–Trinajstić information content (AvgIpc) is 3.65. The van der Waals surface area contributed by atoms with E-state index < -0.39 is 0 Å². The lowest BCUT2D eigenvalue weighted by atomic mass is 9.96. The number of fused-ring (bicyclic) bond motifs is 4. The van der Waals surface area contributed by atoms with E-state index in [1.54, 1.807) is 0 Å². The fourth-order valence-corrected chi connectivity index (χ4v) is 5.48. The molecule has 5 rings (SSSR count). The molecule has 0 spiro atoms. The minimum Gasteiger partial charge on any atom is -0.469 e. The fourth-order valence-electron chi connectivity index (χ4n) is 5.48. The third-order valence-electron chi connectivity index (χ3n) is 8.02. The summed E-state index contributed by atoms with van der Waals surface area (Å²) in [5.41, 5.74) is 13.0. The van der Waals surface area contributed by atoms with E-state index in [2.05, 4.69) is 6.58 Å². The number of rotatable bonds is 7. The van der Waals surface area contributed by atoms with Crippen LogP contribution in [0.1, 0.15) is 53.4 Å². The molecule has 42 heavy (non-hydrogen) atoms. The molecule has 5 aliphatic heterocycles. The van der Waals surface area contributed by atoms with E-state index in [-0.39, 0.29) is 24.8 Å². The number of carbonyl (C=O) groups is 2. The Balaban J connectivity index is 1.72. The smallest absolute Gasteiger partial charge is 0.305 e. The number of hydrogen-bond donors (Lipinski definition) is 0. The molecule has 8 nitrogen and oxygen atoms in total. The summed E-state index contributed by atoms with van der Waals surface area (Å²) in [6.45, 7) is 12.1. The van der Waals surface area contributed by atoms with Gasteiger partial charge in [-0.2, -0.15) is 0 Å². The summed E-state index contributed by atoms with van der Waals surface area (Å²) in [5.74, 6) is -0.575. The molecule has 0 aliphatic carbocycles. The minimum atomic E-state index is -0.289. The molecule has 0 saturated heterocycles. The number of aliphatic imine (C=N–C) groups is 4. The van der Waals surface area contributed by atoms with Gasteiger partial charge in [-0.25, -0.2) is 20.0 Å². The van der Waals surface area contributed by atoms with Crippen LogP contribution in [0.15, 0.2) is 125 Å². The van der Waals surface area contributed by atoms with E-state index >= 15 is 0 Å². The van der Waals surface area contributed by atoms with E-state index in [1.807, 2.05) is 64.2 Å². The lowest BCUT2D eigenvalue weighted by Gasteiger charge is -2.08. The van der Waals surface area contributed by atoms with Crippen LogP contribution in [0.25, 0.3) is 0 Å². The van der Waals surface area contributed by atoms with Crippen molar-refractivity contribution in [1.82, 2.24) is 0 Å². The van der Waals surface area contributed by atoms with Gasteiger partial charge in [0, 0.05) is 18.4 Å². The van der Waals surface area contributed by atoms with Crippen LogP contribution in [0.4, 0.5) is 0 Å². The largest absolute Gasteiger partial charge is 0.469 e. The highest BCUT2D eigenvalue weighted by Gasteiger charge is 2.27. The molecule has 0 fully saturated rings. The second-order valence-electron chi connectivity index (χ2n) is 10.6. The monoisotopic (exact) mass is 562 g/mol. The van der Waals surface area contributed by atoms with Gasteiger partial charge < -0.3 is 9.47 Å². The summed E-state index contributed by atoms with van der Waals surface area (Å²) in [6.07, 6.45) is 13.1. The van der Waals surface area contributed by atoms with Crippen molar-refractivity contribution in [3.63, 3.8) is 0 Å².